The van der Waals surface area contributed by atoms with E-state index < -0.39 is 6.10 Å². The summed E-state index contributed by atoms with van der Waals surface area (Å²) in [5.74, 6) is 0.453. The van der Waals surface area contributed by atoms with Gasteiger partial charge in [-0.05, 0) is 44.5 Å². The number of hydrogen-bond acceptors (Lipinski definition) is 7. The van der Waals surface area contributed by atoms with Crippen molar-refractivity contribution in [2.45, 2.75) is 49.5 Å². The molecular weight excluding hydrogens is 332 g/mol. The highest BCUT2D eigenvalue weighted by Crippen LogP contribution is 2.41. The summed E-state index contributed by atoms with van der Waals surface area (Å²) >= 11 is 0. The topological polar surface area (TPSA) is 101 Å². The lowest BCUT2D eigenvalue weighted by Gasteiger charge is -2.56. The predicted octanol–water partition coefficient (Wildman–Crippen LogP) is 0.330. The minimum absolute atomic E-state index is 0.156. The van der Waals surface area contributed by atoms with Crippen LogP contribution >= 0.6 is 0 Å². The van der Waals surface area contributed by atoms with Crippen LogP contribution < -0.4 is 11.1 Å². The van der Waals surface area contributed by atoms with Crippen LogP contribution in [0.15, 0.2) is 18.5 Å². The normalized spacial score (nSPS) is 31.5. The third-order valence-electron chi connectivity index (χ3n) is 6.52. The molecule has 0 aliphatic carbocycles. The highest BCUT2D eigenvalue weighted by Gasteiger charge is 2.47. The minimum Gasteiger partial charge on any atom is -0.390 e. The highest BCUT2D eigenvalue weighted by atomic mass is 16.5. The quantitative estimate of drug-likeness (QED) is 0.727. The van der Waals surface area contributed by atoms with Gasteiger partial charge in [0.15, 0.2) is 5.82 Å². The lowest BCUT2D eigenvalue weighted by molar-refractivity contribution is -0.0886. The van der Waals surface area contributed by atoms with E-state index >= 15 is 0 Å². The van der Waals surface area contributed by atoms with Crippen LogP contribution in [0.5, 0.6) is 0 Å². The number of rotatable bonds is 3. The second kappa shape index (κ2) is 6.16. The highest BCUT2D eigenvalue weighted by molar-refractivity contribution is 5.65. The number of piperidine rings is 1. The molecule has 2 aromatic heterocycles. The Morgan fingerprint density at radius 2 is 2.15 bits per heavy atom. The summed E-state index contributed by atoms with van der Waals surface area (Å²) in [5.41, 5.74) is 7.95. The lowest BCUT2D eigenvalue weighted by atomic mass is 9.76. The number of hydrogen-bond donors (Lipinski definition) is 3. The Morgan fingerprint density at radius 3 is 2.92 bits per heavy atom. The Balaban J connectivity index is 1.31. The van der Waals surface area contributed by atoms with E-state index in [4.69, 9.17) is 10.5 Å². The maximum Gasteiger partial charge on any atom is 0.151 e. The summed E-state index contributed by atoms with van der Waals surface area (Å²) in [6.45, 7) is 4.09. The van der Waals surface area contributed by atoms with E-state index in [-0.39, 0.29) is 12.2 Å². The number of aliphatic hydroxyl groups is 1. The zero-order valence-electron chi connectivity index (χ0n) is 14.8. The van der Waals surface area contributed by atoms with Crippen molar-refractivity contribution in [3.63, 3.8) is 0 Å². The smallest absolute Gasteiger partial charge is 0.151 e. The molecule has 3 aliphatic rings. The van der Waals surface area contributed by atoms with Crippen molar-refractivity contribution in [2.24, 2.45) is 0 Å². The summed E-state index contributed by atoms with van der Waals surface area (Å²) in [6, 6.07) is 3.88. The van der Waals surface area contributed by atoms with Crippen molar-refractivity contribution in [2.75, 3.05) is 31.9 Å². The third-order valence-corrected chi connectivity index (χ3v) is 6.52. The number of likely N-dealkylation sites (tertiary alicyclic amines) is 1. The number of nitrogen functional groups attached to an aromatic ring is 1. The Labute approximate surface area is 152 Å². The largest absolute Gasteiger partial charge is 0.390 e. The Bertz CT molecular complexity index is 802. The fraction of sp³-hybridized carbons (Fsp3) is 0.667. The van der Waals surface area contributed by atoms with Crippen molar-refractivity contribution in [1.29, 1.82) is 0 Å². The molecule has 5 rings (SSSR count). The minimum atomic E-state index is -0.455. The third kappa shape index (κ3) is 2.51. The molecule has 3 atom stereocenters. The summed E-state index contributed by atoms with van der Waals surface area (Å²) in [5, 5.41) is 18.4. The van der Waals surface area contributed by atoms with Crippen LogP contribution in [0.25, 0.3) is 5.52 Å². The van der Waals surface area contributed by atoms with Gasteiger partial charge in [-0.1, -0.05) is 0 Å². The monoisotopic (exact) mass is 358 g/mol. The van der Waals surface area contributed by atoms with E-state index in [2.05, 4.69) is 20.3 Å². The second-order valence-corrected chi connectivity index (χ2v) is 7.84. The van der Waals surface area contributed by atoms with Gasteiger partial charge < -0.3 is 20.9 Å². The molecule has 0 unspecified atom stereocenters. The molecule has 0 bridgehead atoms. The molecule has 0 radical (unpaired) electrons. The zero-order chi connectivity index (χ0) is 17.7. The van der Waals surface area contributed by atoms with Crippen LogP contribution in [0.2, 0.25) is 0 Å². The van der Waals surface area contributed by atoms with Gasteiger partial charge in [-0.3, -0.25) is 4.90 Å². The van der Waals surface area contributed by atoms with E-state index in [1.807, 2.05) is 12.1 Å². The number of fused-ring (bicyclic) bond motifs is 1. The number of nitrogens with two attached hydrogens (primary N) is 1. The number of ether oxygens (including phenoxy) is 1. The van der Waals surface area contributed by atoms with Crippen LogP contribution in [0.4, 0.5) is 5.82 Å². The fourth-order valence-corrected chi connectivity index (χ4v) is 4.85. The van der Waals surface area contributed by atoms with E-state index in [0.29, 0.717) is 17.8 Å². The molecule has 8 heteroatoms. The molecule has 1 spiro atoms. The summed E-state index contributed by atoms with van der Waals surface area (Å²) in [6.07, 6.45) is 4.91. The number of anilines is 1. The maximum atomic E-state index is 10.6. The first-order chi connectivity index (χ1) is 12.7. The Hall–Kier alpha value is -1.74. The molecule has 8 nitrogen and oxygen atoms in total. The molecule has 140 valence electrons. The van der Waals surface area contributed by atoms with Gasteiger partial charge in [-0.15, -0.1) is 0 Å². The molecule has 3 saturated heterocycles. The number of aromatic nitrogens is 3. The fourth-order valence-electron chi connectivity index (χ4n) is 4.85. The summed E-state index contributed by atoms with van der Waals surface area (Å²) in [4.78, 5) is 6.56. The van der Waals surface area contributed by atoms with Crippen molar-refractivity contribution in [3.05, 3.63) is 24.2 Å². The van der Waals surface area contributed by atoms with Gasteiger partial charge in [0.05, 0.1) is 17.9 Å². The van der Waals surface area contributed by atoms with Gasteiger partial charge in [0.25, 0.3) is 0 Å². The van der Waals surface area contributed by atoms with Gasteiger partial charge in [-0.25, -0.2) is 9.50 Å². The van der Waals surface area contributed by atoms with E-state index in [1.54, 1.807) is 4.52 Å². The standard InChI is InChI=1S/C18H26N6O2/c19-17-13-2-1-12(24(13)22-11-21-17)15-9-14(25)16(26-15)10-23-8-5-18(23)3-6-20-7-4-18/h1-2,11,14-16,20,25H,3-10H2,(H2,19,21,22)/t14-,15+,16+/m0/s1. The van der Waals surface area contributed by atoms with Gasteiger partial charge in [0, 0.05) is 25.0 Å². The summed E-state index contributed by atoms with van der Waals surface area (Å²) < 4.78 is 8.05. The van der Waals surface area contributed by atoms with Crippen LogP contribution in [-0.2, 0) is 4.74 Å². The average molecular weight is 358 g/mol. The molecule has 5 heterocycles. The van der Waals surface area contributed by atoms with Gasteiger partial charge in [0.2, 0.25) is 0 Å². The van der Waals surface area contributed by atoms with E-state index in [9.17, 15) is 5.11 Å². The van der Waals surface area contributed by atoms with Gasteiger partial charge >= 0.3 is 0 Å². The van der Waals surface area contributed by atoms with Crippen LogP contribution in [0.1, 0.15) is 37.5 Å². The summed E-state index contributed by atoms with van der Waals surface area (Å²) in [7, 11) is 0. The van der Waals surface area contributed by atoms with Crippen LogP contribution in [-0.4, -0.2) is 68.5 Å². The Morgan fingerprint density at radius 1 is 1.31 bits per heavy atom. The van der Waals surface area contributed by atoms with Crippen LogP contribution in [0, 0.1) is 0 Å². The molecule has 2 aromatic rings. The van der Waals surface area contributed by atoms with E-state index in [1.165, 1.54) is 25.6 Å². The van der Waals surface area contributed by atoms with Crippen molar-refractivity contribution >= 4 is 11.3 Å². The van der Waals surface area contributed by atoms with Gasteiger partial charge in [-0.2, -0.15) is 5.10 Å². The molecule has 4 N–H and O–H groups in total. The Kier molecular flexibility index (Phi) is 3.89. The molecule has 0 saturated carbocycles. The molecule has 0 amide bonds. The van der Waals surface area contributed by atoms with Crippen LogP contribution in [0.3, 0.4) is 0 Å². The molecular formula is C18H26N6O2. The van der Waals surface area contributed by atoms with Crippen molar-refractivity contribution < 1.29 is 9.84 Å². The predicted molar refractivity (Wildman–Crippen MR) is 96.7 cm³/mol. The van der Waals surface area contributed by atoms with E-state index in [0.717, 1.165) is 37.4 Å². The second-order valence-electron chi connectivity index (χ2n) is 7.84. The molecule has 3 fully saturated rings. The van der Waals surface area contributed by atoms with Crippen molar-refractivity contribution in [3.8, 4) is 0 Å². The molecule has 26 heavy (non-hydrogen) atoms. The number of nitrogens with one attached hydrogen (secondary N) is 1. The van der Waals surface area contributed by atoms with Crippen molar-refractivity contribution in [1.82, 2.24) is 24.8 Å². The zero-order valence-corrected chi connectivity index (χ0v) is 14.8. The lowest BCUT2D eigenvalue weighted by Crippen LogP contribution is -2.65. The SMILES string of the molecule is Nc1ncnn2c([C@H]3C[C@H](O)[C@@H](CN4CCC45CCNCC5)O3)ccc12. The average Bonchev–Trinajstić information content (AvgIpc) is 3.24. The first kappa shape index (κ1) is 16.4. The molecule has 3 aliphatic heterocycles. The van der Waals surface area contributed by atoms with Gasteiger partial charge in [0.1, 0.15) is 17.9 Å². The maximum absolute atomic E-state index is 10.6. The first-order valence-electron chi connectivity index (χ1n) is 9.54. The number of nitrogens with zero attached hydrogens (tertiary/aromatic N) is 4. The number of aliphatic hydroxyl groups excluding tert-OH is 1. The first-order valence-corrected chi connectivity index (χ1v) is 9.54. The molecule has 0 aromatic carbocycles.